The van der Waals surface area contributed by atoms with Crippen LogP contribution in [0.1, 0.15) is 19.4 Å². The summed E-state index contributed by atoms with van der Waals surface area (Å²) in [6, 6.07) is 10.0. The van der Waals surface area contributed by atoms with Crippen LogP contribution in [0.2, 0.25) is 0 Å². The molecule has 0 saturated heterocycles. The zero-order valence-corrected chi connectivity index (χ0v) is 13.5. The Bertz CT molecular complexity index is 684. The molecule has 0 aliphatic carbocycles. The lowest BCUT2D eigenvalue weighted by atomic mass is 9.93. The van der Waals surface area contributed by atoms with E-state index in [4.69, 9.17) is 4.74 Å². The maximum Gasteiger partial charge on any atom is 0.282 e. The van der Waals surface area contributed by atoms with Crippen LogP contribution in [0.4, 0.5) is 5.82 Å². The summed E-state index contributed by atoms with van der Waals surface area (Å²) in [5.74, 6) is 1.95. The average molecular weight is 312 g/mol. The number of ether oxygens (including phenoxy) is 1. The second-order valence-corrected chi connectivity index (χ2v) is 6.37. The van der Waals surface area contributed by atoms with Gasteiger partial charge in [0.15, 0.2) is 5.96 Å². The van der Waals surface area contributed by atoms with Gasteiger partial charge in [-0.25, -0.2) is 4.98 Å². The van der Waals surface area contributed by atoms with Crippen molar-refractivity contribution in [1.29, 1.82) is 0 Å². The fourth-order valence-electron chi connectivity index (χ4n) is 2.18. The van der Waals surface area contributed by atoms with Crippen LogP contribution in [0.3, 0.4) is 0 Å². The quantitative estimate of drug-likeness (QED) is 0.904. The molecule has 23 heavy (non-hydrogen) atoms. The van der Waals surface area contributed by atoms with E-state index in [1.165, 1.54) is 0 Å². The highest BCUT2D eigenvalue weighted by Crippen LogP contribution is 2.17. The van der Waals surface area contributed by atoms with E-state index in [-0.39, 0.29) is 5.41 Å². The van der Waals surface area contributed by atoms with Crippen LogP contribution in [-0.2, 0) is 6.61 Å². The lowest BCUT2D eigenvalue weighted by Gasteiger charge is -2.28. The number of benzene rings is 1. The van der Waals surface area contributed by atoms with Crippen molar-refractivity contribution in [2.45, 2.75) is 20.5 Å². The third kappa shape index (κ3) is 4.42. The minimum Gasteiger partial charge on any atom is -0.469 e. The zero-order valence-electron chi connectivity index (χ0n) is 13.5. The van der Waals surface area contributed by atoms with Crippen LogP contribution in [0.5, 0.6) is 5.88 Å². The molecule has 1 aromatic heterocycles. The average Bonchev–Trinajstić information content (AvgIpc) is 2.56. The molecular weight excluding hydrogens is 290 g/mol. The number of nitrogens with zero attached hydrogens (tertiary/aromatic N) is 2. The van der Waals surface area contributed by atoms with Gasteiger partial charge in [0.2, 0.25) is 18.2 Å². The van der Waals surface area contributed by atoms with Crippen LogP contribution in [0.25, 0.3) is 0 Å². The smallest absolute Gasteiger partial charge is 0.282 e. The number of aromatic nitrogens is 2. The molecule has 3 N–H and O–H groups in total. The normalized spacial score (nSPS) is 16.2. The molecule has 3 rings (SSSR count). The molecule has 0 bridgehead atoms. The highest BCUT2D eigenvalue weighted by molar-refractivity contribution is 5.93. The van der Waals surface area contributed by atoms with E-state index in [9.17, 15) is 0 Å². The van der Waals surface area contributed by atoms with Gasteiger partial charge in [-0.1, -0.05) is 44.2 Å². The lowest BCUT2D eigenvalue weighted by molar-refractivity contribution is -0.379. The van der Waals surface area contributed by atoms with Crippen molar-refractivity contribution in [3.8, 4) is 5.88 Å². The van der Waals surface area contributed by atoms with E-state index in [2.05, 4.69) is 39.4 Å². The van der Waals surface area contributed by atoms with Gasteiger partial charge in [0.25, 0.3) is 5.88 Å². The van der Waals surface area contributed by atoms with Crippen molar-refractivity contribution in [1.82, 2.24) is 10.3 Å². The molecule has 0 atom stereocenters. The fraction of sp³-hybridized carbons (Fsp3) is 0.353. The molecule has 2 aromatic rings. The highest BCUT2D eigenvalue weighted by atomic mass is 16.5. The van der Waals surface area contributed by atoms with Crippen LogP contribution in [0, 0.1) is 5.41 Å². The number of anilines is 1. The molecule has 0 saturated carbocycles. The maximum atomic E-state index is 5.71. The molecule has 0 unspecified atom stereocenters. The van der Waals surface area contributed by atoms with E-state index in [0.717, 1.165) is 24.6 Å². The van der Waals surface area contributed by atoms with Gasteiger partial charge in [0.1, 0.15) is 6.61 Å². The summed E-state index contributed by atoms with van der Waals surface area (Å²) in [6.07, 6.45) is 3.51. The maximum absolute atomic E-state index is 5.71. The Hall–Kier alpha value is -2.63. The number of hydrogen-bond acceptors (Lipinski definition) is 5. The monoisotopic (exact) mass is 312 g/mol. The Morgan fingerprint density at radius 3 is 2.83 bits per heavy atom. The molecule has 2 heterocycles. The van der Waals surface area contributed by atoms with E-state index >= 15 is 0 Å². The summed E-state index contributed by atoms with van der Waals surface area (Å²) in [5.41, 5.74) is 1.29. The number of nitrogens with one attached hydrogen (secondary N) is 3. The van der Waals surface area contributed by atoms with Crippen molar-refractivity contribution in [3.05, 3.63) is 48.3 Å². The van der Waals surface area contributed by atoms with E-state index in [1.807, 2.05) is 30.3 Å². The first-order valence-corrected chi connectivity index (χ1v) is 7.71. The molecule has 6 heteroatoms. The third-order valence-electron chi connectivity index (χ3n) is 3.53. The first-order chi connectivity index (χ1) is 11.1. The molecule has 120 valence electrons. The minimum absolute atomic E-state index is 0.186. The molecule has 0 radical (unpaired) electrons. The van der Waals surface area contributed by atoms with Gasteiger partial charge in [-0.05, 0) is 5.56 Å². The molecule has 0 fully saturated rings. The molecule has 0 spiro atoms. The Morgan fingerprint density at radius 1 is 1.26 bits per heavy atom. The zero-order chi connectivity index (χ0) is 16.1. The van der Waals surface area contributed by atoms with Crippen LogP contribution in [-0.4, -0.2) is 24.0 Å². The Balaban J connectivity index is 1.60. The Labute approximate surface area is 136 Å². The van der Waals surface area contributed by atoms with Crippen LogP contribution >= 0.6 is 0 Å². The van der Waals surface area contributed by atoms with Gasteiger partial charge >= 0.3 is 0 Å². The standard InChI is InChI=1S/C17H21N5O/c1-17(2)11-19-16(20-12-17)22-14-8-18-9-15(21-14)23-10-13-6-4-3-5-7-13/h3-9H,10-12H2,1-2H3,(H2,19,20,21,22)/p+1. The van der Waals surface area contributed by atoms with Gasteiger partial charge in [0, 0.05) is 18.5 Å². The second kappa shape index (κ2) is 6.64. The SMILES string of the molecule is CC1(C)CN=C(Nc2c[nH+]cc(OCc3ccccc3)n2)NC1. The summed E-state index contributed by atoms with van der Waals surface area (Å²) in [4.78, 5) is 12.0. The fourth-order valence-corrected chi connectivity index (χ4v) is 2.18. The van der Waals surface area contributed by atoms with Crippen LogP contribution < -0.4 is 20.4 Å². The predicted octanol–water partition coefficient (Wildman–Crippen LogP) is 1.87. The van der Waals surface area contributed by atoms with Crippen molar-refractivity contribution >= 4 is 11.8 Å². The van der Waals surface area contributed by atoms with Gasteiger partial charge in [-0.2, -0.15) is 4.98 Å². The first kappa shape index (κ1) is 15.3. The summed E-state index contributed by atoms with van der Waals surface area (Å²) in [5, 5.41) is 6.45. The van der Waals surface area contributed by atoms with E-state index in [0.29, 0.717) is 18.3 Å². The van der Waals surface area contributed by atoms with Gasteiger partial charge in [0.05, 0.1) is 0 Å². The molecule has 0 amide bonds. The van der Waals surface area contributed by atoms with Gasteiger partial charge < -0.3 is 15.4 Å². The molecule has 6 nitrogen and oxygen atoms in total. The lowest BCUT2D eigenvalue weighted by Crippen LogP contribution is -2.44. The number of aromatic amines is 1. The van der Waals surface area contributed by atoms with Gasteiger partial charge in [-0.15, -0.1) is 0 Å². The first-order valence-electron chi connectivity index (χ1n) is 7.71. The topological polar surface area (TPSA) is 72.7 Å². The number of rotatable bonds is 4. The molecule has 1 aliphatic rings. The molecular formula is C17H22N5O+. The van der Waals surface area contributed by atoms with Crippen molar-refractivity contribution in [2.75, 3.05) is 18.4 Å². The number of guanidine groups is 1. The van der Waals surface area contributed by atoms with Crippen molar-refractivity contribution < 1.29 is 9.72 Å². The summed E-state index contributed by atoms with van der Waals surface area (Å²) < 4.78 is 5.71. The van der Waals surface area contributed by atoms with Gasteiger partial charge in [-0.3, -0.25) is 4.99 Å². The van der Waals surface area contributed by atoms with Crippen LogP contribution in [0.15, 0.2) is 47.7 Å². The summed E-state index contributed by atoms with van der Waals surface area (Å²) in [7, 11) is 0. The predicted molar refractivity (Wildman–Crippen MR) is 89.3 cm³/mol. The van der Waals surface area contributed by atoms with E-state index < -0.39 is 0 Å². The molecule has 1 aromatic carbocycles. The van der Waals surface area contributed by atoms with Crippen molar-refractivity contribution in [3.63, 3.8) is 0 Å². The molecule has 1 aliphatic heterocycles. The number of H-pyrrole nitrogens is 1. The highest BCUT2D eigenvalue weighted by Gasteiger charge is 2.22. The Morgan fingerprint density at radius 2 is 2.09 bits per heavy atom. The third-order valence-corrected chi connectivity index (χ3v) is 3.53. The van der Waals surface area contributed by atoms with Crippen molar-refractivity contribution in [2.24, 2.45) is 10.4 Å². The number of hydrogen-bond donors (Lipinski definition) is 2. The summed E-state index contributed by atoms with van der Waals surface area (Å²) in [6.45, 7) is 6.52. The minimum atomic E-state index is 0.186. The van der Waals surface area contributed by atoms with E-state index in [1.54, 1.807) is 12.4 Å². The number of aliphatic imine (C=N–C) groups is 1. The second-order valence-electron chi connectivity index (χ2n) is 6.37. The largest absolute Gasteiger partial charge is 0.469 e. The Kier molecular flexibility index (Phi) is 4.41. The summed E-state index contributed by atoms with van der Waals surface area (Å²) >= 11 is 0.